The fraction of sp³-hybridized carbons (Fsp3) is 0.588. The third-order valence-electron chi connectivity index (χ3n) is 4.10. The molecule has 2 atom stereocenters. The first-order valence-electron chi connectivity index (χ1n) is 7.79. The minimum atomic E-state index is -0.301. The molecule has 1 fully saturated rings. The number of benzene rings is 1. The van der Waals surface area contributed by atoms with Gasteiger partial charge in [0.1, 0.15) is 5.75 Å². The zero-order valence-corrected chi connectivity index (χ0v) is 12.9. The quantitative estimate of drug-likeness (QED) is 0.669. The normalized spacial score (nSPS) is 21.0. The van der Waals surface area contributed by atoms with Gasteiger partial charge in [-0.2, -0.15) is 0 Å². The van der Waals surface area contributed by atoms with E-state index in [9.17, 15) is 9.90 Å². The SMILES string of the molecule is CCC(O)C1CCCCN1Cc1ccc(OC(C)=O)cc1. The molecule has 4 heteroatoms. The summed E-state index contributed by atoms with van der Waals surface area (Å²) in [5.74, 6) is 0.278. The predicted octanol–water partition coefficient (Wildman–Crippen LogP) is 2.74. The fourth-order valence-corrected chi connectivity index (χ4v) is 2.98. The first-order chi connectivity index (χ1) is 10.1. The number of aliphatic hydroxyl groups is 1. The van der Waals surface area contributed by atoms with Gasteiger partial charge in [-0.25, -0.2) is 0 Å². The van der Waals surface area contributed by atoms with Gasteiger partial charge in [0.15, 0.2) is 0 Å². The number of esters is 1. The molecule has 21 heavy (non-hydrogen) atoms. The Morgan fingerprint density at radius 2 is 2.10 bits per heavy atom. The summed E-state index contributed by atoms with van der Waals surface area (Å²) in [5, 5.41) is 10.2. The van der Waals surface area contributed by atoms with E-state index in [1.165, 1.54) is 25.3 Å². The first-order valence-corrected chi connectivity index (χ1v) is 7.79. The Labute approximate surface area is 126 Å². The summed E-state index contributed by atoms with van der Waals surface area (Å²) in [5.41, 5.74) is 1.18. The Balaban J connectivity index is 2.00. The number of carbonyl (C=O) groups excluding carboxylic acids is 1. The van der Waals surface area contributed by atoms with Crippen molar-refractivity contribution in [3.8, 4) is 5.75 Å². The molecule has 2 unspecified atom stereocenters. The number of hydrogen-bond acceptors (Lipinski definition) is 4. The van der Waals surface area contributed by atoms with Crippen molar-refractivity contribution in [2.24, 2.45) is 0 Å². The molecule has 0 radical (unpaired) electrons. The van der Waals surface area contributed by atoms with Crippen molar-refractivity contribution in [1.29, 1.82) is 0 Å². The maximum absolute atomic E-state index is 10.9. The zero-order valence-electron chi connectivity index (χ0n) is 12.9. The van der Waals surface area contributed by atoms with Crippen molar-refractivity contribution >= 4 is 5.97 Å². The lowest BCUT2D eigenvalue weighted by Crippen LogP contribution is -2.46. The average Bonchev–Trinajstić information content (AvgIpc) is 2.48. The van der Waals surface area contributed by atoms with Crippen LogP contribution in [0.25, 0.3) is 0 Å². The molecule has 4 nitrogen and oxygen atoms in total. The second-order valence-corrected chi connectivity index (χ2v) is 5.75. The fourth-order valence-electron chi connectivity index (χ4n) is 2.98. The number of aliphatic hydroxyl groups excluding tert-OH is 1. The van der Waals surface area contributed by atoms with Gasteiger partial charge in [-0.3, -0.25) is 9.69 Å². The highest BCUT2D eigenvalue weighted by molar-refractivity contribution is 5.69. The van der Waals surface area contributed by atoms with E-state index in [1.807, 2.05) is 31.2 Å². The van der Waals surface area contributed by atoms with Crippen molar-refractivity contribution in [3.05, 3.63) is 29.8 Å². The van der Waals surface area contributed by atoms with Gasteiger partial charge >= 0.3 is 5.97 Å². The van der Waals surface area contributed by atoms with Gasteiger partial charge in [0, 0.05) is 19.5 Å². The molecule has 116 valence electrons. The maximum Gasteiger partial charge on any atom is 0.308 e. The van der Waals surface area contributed by atoms with Crippen LogP contribution in [0.3, 0.4) is 0 Å². The third-order valence-corrected chi connectivity index (χ3v) is 4.10. The third kappa shape index (κ3) is 4.55. The Bertz CT molecular complexity index is 458. The van der Waals surface area contributed by atoms with Crippen LogP contribution in [0.2, 0.25) is 0 Å². The maximum atomic E-state index is 10.9. The molecule has 0 spiro atoms. The van der Waals surface area contributed by atoms with E-state index < -0.39 is 0 Å². The molecular formula is C17H25NO3. The molecule has 0 bridgehead atoms. The Morgan fingerprint density at radius 3 is 2.71 bits per heavy atom. The van der Waals surface area contributed by atoms with Crippen LogP contribution in [-0.2, 0) is 11.3 Å². The first kappa shape index (κ1) is 16.0. The molecule has 1 saturated heterocycles. The van der Waals surface area contributed by atoms with E-state index in [2.05, 4.69) is 4.90 Å². The summed E-state index contributed by atoms with van der Waals surface area (Å²) in [4.78, 5) is 13.3. The van der Waals surface area contributed by atoms with Crippen molar-refractivity contribution in [1.82, 2.24) is 4.90 Å². The highest BCUT2D eigenvalue weighted by atomic mass is 16.5. The van der Waals surface area contributed by atoms with Gasteiger partial charge in [0.25, 0.3) is 0 Å². The molecule has 1 N–H and O–H groups in total. The van der Waals surface area contributed by atoms with Crippen molar-refractivity contribution < 1.29 is 14.6 Å². The monoisotopic (exact) mass is 291 g/mol. The van der Waals surface area contributed by atoms with E-state index in [1.54, 1.807) is 0 Å². The topological polar surface area (TPSA) is 49.8 Å². The van der Waals surface area contributed by atoms with Gasteiger partial charge in [0.05, 0.1) is 6.10 Å². The molecule has 0 amide bonds. The Hall–Kier alpha value is -1.39. The molecule has 1 heterocycles. The van der Waals surface area contributed by atoms with Crippen molar-refractivity contribution in [3.63, 3.8) is 0 Å². The second kappa shape index (κ2) is 7.57. The molecule has 1 aromatic carbocycles. The van der Waals surface area contributed by atoms with Gasteiger partial charge in [0.2, 0.25) is 0 Å². The molecular weight excluding hydrogens is 266 g/mol. The van der Waals surface area contributed by atoms with Gasteiger partial charge < -0.3 is 9.84 Å². The summed E-state index contributed by atoms with van der Waals surface area (Å²) in [6, 6.07) is 7.89. The minimum Gasteiger partial charge on any atom is -0.427 e. The lowest BCUT2D eigenvalue weighted by Gasteiger charge is -2.38. The van der Waals surface area contributed by atoms with Crippen molar-refractivity contribution in [2.75, 3.05) is 6.54 Å². The highest BCUT2D eigenvalue weighted by Gasteiger charge is 2.27. The number of likely N-dealkylation sites (tertiary alicyclic amines) is 1. The van der Waals surface area contributed by atoms with Crippen LogP contribution in [-0.4, -0.2) is 34.7 Å². The van der Waals surface area contributed by atoms with Crippen LogP contribution in [0.5, 0.6) is 5.75 Å². The highest BCUT2D eigenvalue weighted by Crippen LogP contribution is 2.24. The van der Waals surface area contributed by atoms with E-state index in [0.717, 1.165) is 25.9 Å². The van der Waals surface area contributed by atoms with E-state index in [0.29, 0.717) is 5.75 Å². The van der Waals surface area contributed by atoms with Crippen molar-refractivity contribution in [2.45, 2.75) is 58.2 Å². The van der Waals surface area contributed by atoms with Crippen LogP contribution >= 0.6 is 0 Å². The Kier molecular flexibility index (Phi) is 5.76. The molecule has 0 aliphatic carbocycles. The number of rotatable bonds is 5. The average molecular weight is 291 g/mol. The molecule has 0 aromatic heterocycles. The van der Waals surface area contributed by atoms with Gasteiger partial charge in [-0.15, -0.1) is 0 Å². The van der Waals surface area contributed by atoms with Crippen LogP contribution < -0.4 is 4.74 Å². The molecule has 1 aromatic rings. The van der Waals surface area contributed by atoms with Crippen LogP contribution in [0.4, 0.5) is 0 Å². The lowest BCUT2D eigenvalue weighted by atomic mass is 9.95. The summed E-state index contributed by atoms with van der Waals surface area (Å²) >= 11 is 0. The zero-order chi connectivity index (χ0) is 15.2. The number of carbonyl (C=O) groups is 1. The van der Waals surface area contributed by atoms with E-state index >= 15 is 0 Å². The summed E-state index contributed by atoms with van der Waals surface area (Å²) in [6.45, 7) is 5.30. The predicted molar refractivity (Wildman–Crippen MR) is 82.1 cm³/mol. The standard InChI is InChI=1S/C17H25NO3/c1-3-17(20)16-6-4-5-11-18(16)12-14-7-9-15(10-8-14)21-13(2)19/h7-10,16-17,20H,3-6,11-12H2,1-2H3. The minimum absolute atomic E-state index is 0.245. The van der Waals surface area contributed by atoms with Gasteiger partial charge in [-0.1, -0.05) is 25.5 Å². The summed E-state index contributed by atoms with van der Waals surface area (Å²) in [7, 11) is 0. The van der Waals surface area contributed by atoms with E-state index in [-0.39, 0.29) is 18.1 Å². The largest absolute Gasteiger partial charge is 0.427 e. The van der Waals surface area contributed by atoms with E-state index in [4.69, 9.17) is 4.74 Å². The number of ether oxygens (including phenoxy) is 1. The summed E-state index contributed by atoms with van der Waals surface area (Å²) in [6.07, 6.45) is 4.01. The second-order valence-electron chi connectivity index (χ2n) is 5.75. The van der Waals surface area contributed by atoms with Gasteiger partial charge in [-0.05, 0) is 43.5 Å². The number of nitrogens with zero attached hydrogens (tertiary/aromatic N) is 1. The number of piperidine rings is 1. The lowest BCUT2D eigenvalue weighted by molar-refractivity contribution is -0.131. The molecule has 2 rings (SSSR count). The smallest absolute Gasteiger partial charge is 0.308 e. The molecule has 0 saturated carbocycles. The molecule has 1 aliphatic heterocycles. The summed E-state index contributed by atoms with van der Waals surface area (Å²) < 4.78 is 5.04. The van der Waals surface area contributed by atoms with Crippen LogP contribution in [0.15, 0.2) is 24.3 Å². The van der Waals surface area contributed by atoms with Crippen LogP contribution in [0.1, 0.15) is 45.1 Å². The number of hydrogen-bond donors (Lipinski definition) is 1. The Morgan fingerprint density at radius 1 is 1.38 bits per heavy atom. The van der Waals surface area contributed by atoms with Crippen LogP contribution in [0, 0.1) is 0 Å². The molecule has 1 aliphatic rings.